The Morgan fingerprint density at radius 1 is 1.32 bits per heavy atom. The van der Waals surface area contributed by atoms with Gasteiger partial charge in [0.15, 0.2) is 0 Å². The molecule has 2 aliphatic rings. The van der Waals surface area contributed by atoms with E-state index in [1.54, 1.807) is 17.4 Å². The summed E-state index contributed by atoms with van der Waals surface area (Å²) >= 11 is 1.70. The van der Waals surface area contributed by atoms with Crippen molar-refractivity contribution in [2.75, 3.05) is 23.3 Å². The van der Waals surface area contributed by atoms with E-state index in [0.29, 0.717) is 12.1 Å². The Kier molecular flexibility index (Phi) is 4.44. The second-order valence-corrected chi connectivity index (χ2v) is 7.54. The number of rotatable bonds is 4. The van der Waals surface area contributed by atoms with Gasteiger partial charge >= 0.3 is 0 Å². The third-order valence-corrected chi connectivity index (χ3v) is 5.80. The first kappa shape index (κ1) is 16.1. The number of fused-ring (bicyclic) bond motifs is 3. The first-order valence-corrected chi connectivity index (χ1v) is 9.62. The van der Waals surface area contributed by atoms with E-state index in [4.69, 9.17) is 0 Å². The van der Waals surface area contributed by atoms with Crippen molar-refractivity contribution in [3.05, 3.63) is 46.2 Å². The summed E-state index contributed by atoms with van der Waals surface area (Å²) in [5.74, 6) is -0.0585. The molecule has 130 valence electrons. The van der Waals surface area contributed by atoms with Crippen LogP contribution in [0.2, 0.25) is 0 Å². The van der Waals surface area contributed by atoms with Gasteiger partial charge in [0.1, 0.15) is 6.04 Å². The second-order valence-electron chi connectivity index (χ2n) is 6.51. The van der Waals surface area contributed by atoms with Gasteiger partial charge < -0.3 is 15.5 Å². The summed E-state index contributed by atoms with van der Waals surface area (Å²) in [5.41, 5.74) is 2.36. The molecule has 6 heteroatoms. The van der Waals surface area contributed by atoms with Gasteiger partial charge in [0.05, 0.1) is 11.4 Å². The number of thiophene rings is 1. The molecule has 0 radical (unpaired) electrons. The zero-order valence-electron chi connectivity index (χ0n) is 14.0. The zero-order chi connectivity index (χ0) is 17.2. The number of hydrogen-bond donors (Lipinski definition) is 2. The zero-order valence-corrected chi connectivity index (χ0v) is 14.8. The van der Waals surface area contributed by atoms with Crippen molar-refractivity contribution in [2.24, 2.45) is 0 Å². The highest BCUT2D eigenvalue weighted by atomic mass is 32.1. The predicted octanol–water partition coefficient (Wildman–Crippen LogP) is 3.03. The lowest BCUT2D eigenvalue weighted by molar-refractivity contribution is -0.118. The van der Waals surface area contributed by atoms with E-state index in [0.717, 1.165) is 43.6 Å². The number of nitrogens with zero attached hydrogens (tertiary/aromatic N) is 1. The first-order chi connectivity index (χ1) is 12.2. The molecular formula is C19H21N3O2S. The van der Waals surface area contributed by atoms with Crippen LogP contribution in [0.4, 0.5) is 11.4 Å². The topological polar surface area (TPSA) is 61.4 Å². The summed E-state index contributed by atoms with van der Waals surface area (Å²) in [7, 11) is 0. The van der Waals surface area contributed by atoms with E-state index in [1.165, 1.54) is 4.88 Å². The van der Waals surface area contributed by atoms with Crippen molar-refractivity contribution in [3.8, 4) is 0 Å². The van der Waals surface area contributed by atoms with E-state index in [1.807, 2.05) is 23.6 Å². The minimum absolute atomic E-state index is 0.0439. The van der Waals surface area contributed by atoms with Crippen LogP contribution >= 0.6 is 11.3 Å². The number of piperidine rings is 1. The van der Waals surface area contributed by atoms with E-state index in [9.17, 15) is 9.59 Å². The average Bonchev–Trinajstić information content (AvgIpc) is 3.15. The summed E-state index contributed by atoms with van der Waals surface area (Å²) < 4.78 is 0. The highest BCUT2D eigenvalue weighted by Gasteiger charge is 2.34. The summed E-state index contributed by atoms with van der Waals surface area (Å²) in [4.78, 5) is 28.1. The molecule has 0 spiro atoms. The predicted molar refractivity (Wildman–Crippen MR) is 100 cm³/mol. The van der Waals surface area contributed by atoms with Gasteiger partial charge in [0.2, 0.25) is 5.91 Å². The Hall–Kier alpha value is -2.34. The molecule has 25 heavy (non-hydrogen) atoms. The van der Waals surface area contributed by atoms with Crippen molar-refractivity contribution >= 4 is 34.5 Å². The van der Waals surface area contributed by atoms with Crippen LogP contribution in [-0.2, 0) is 11.2 Å². The van der Waals surface area contributed by atoms with Crippen LogP contribution in [0, 0.1) is 0 Å². The summed E-state index contributed by atoms with van der Waals surface area (Å²) in [6, 6.07) is 9.62. The molecule has 2 aliphatic heterocycles. The monoisotopic (exact) mass is 355 g/mol. The number of carbonyl (C=O) groups is 2. The number of amides is 2. The summed E-state index contributed by atoms with van der Waals surface area (Å²) in [6.07, 6.45) is 3.93. The fourth-order valence-electron chi connectivity index (χ4n) is 3.59. The maximum atomic E-state index is 12.4. The molecule has 2 aromatic rings. The van der Waals surface area contributed by atoms with Crippen LogP contribution in [-0.4, -0.2) is 30.9 Å². The molecule has 5 nitrogen and oxygen atoms in total. The van der Waals surface area contributed by atoms with E-state index >= 15 is 0 Å². The molecule has 0 saturated carbocycles. The van der Waals surface area contributed by atoms with Crippen molar-refractivity contribution in [3.63, 3.8) is 0 Å². The molecule has 1 atom stereocenters. The van der Waals surface area contributed by atoms with Crippen LogP contribution in [0.5, 0.6) is 0 Å². The lowest BCUT2D eigenvalue weighted by Gasteiger charge is -2.41. The highest BCUT2D eigenvalue weighted by molar-refractivity contribution is 7.09. The second kappa shape index (κ2) is 6.88. The Morgan fingerprint density at radius 3 is 3.08 bits per heavy atom. The molecule has 4 rings (SSSR count). The normalized spacial score (nSPS) is 19.0. The van der Waals surface area contributed by atoms with Crippen LogP contribution in [0.3, 0.4) is 0 Å². The van der Waals surface area contributed by atoms with E-state index < -0.39 is 0 Å². The molecule has 1 aromatic heterocycles. The Bertz CT molecular complexity index is 788. The molecule has 2 amide bonds. The minimum Gasteiger partial charge on any atom is -0.358 e. The van der Waals surface area contributed by atoms with Gasteiger partial charge in [-0.05, 0) is 55.3 Å². The van der Waals surface area contributed by atoms with Crippen molar-refractivity contribution in [2.45, 2.75) is 31.7 Å². The molecule has 1 saturated heterocycles. The van der Waals surface area contributed by atoms with Gasteiger partial charge in [-0.25, -0.2) is 0 Å². The SMILES string of the molecule is O=C(NCCc1cccs1)c1ccc2c(c1)NC(=O)[C@@H]1CCCCN21. The highest BCUT2D eigenvalue weighted by Crippen LogP contribution is 2.36. The third-order valence-electron chi connectivity index (χ3n) is 4.87. The fourth-order valence-corrected chi connectivity index (χ4v) is 4.30. The van der Waals surface area contributed by atoms with Gasteiger partial charge in [-0.2, -0.15) is 0 Å². The first-order valence-electron chi connectivity index (χ1n) is 8.74. The molecular weight excluding hydrogens is 334 g/mol. The Balaban J connectivity index is 1.46. The molecule has 0 bridgehead atoms. The number of benzene rings is 1. The van der Waals surface area contributed by atoms with Gasteiger partial charge in [0, 0.05) is 23.5 Å². The van der Waals surface area contributed by atoms with Gasteiger partial charge in [-0.15, -0.1) is 11.3 Å². The molecule has 2 N–H and O–H groups in total. The summed E-state index contributed by atoms with van der Waals surface area (Å²) in [5, 5.41) is 7.97. The van der Waals surface area contributed by atoms with Crippen LogP contribution in [0.1, 0.15) is 34.5 Å². The molecule has 1 fully saturated rings. The van der Waals surface area contributed by atoms with Crippen molar-refractivity contribution in [1.29, 1.82) is 0 Å². The molecule has 0 aliphatic carbocycles. The average molecular weight is 355 g/mol. The standard InChI is InChI=1S/C19H21N3O2S/c23-18(20-9-8-14-4-3-11-25-14)13-6-7-16-15(12-13)21-19(24)17-5-1-2-10-22(16)17/h3-4,6-7,11-12,17H,1-2,5,8-10H2,(H,20,23)(H,21,24)/t17-/m0/s1. The fraction of sp³-hybridized carbons (Fsp3) is 0.368. The minimum atomic E-state index is -0.102. The van der Waals surface area contributed by atoms with Gasteiger partial charge in [-0.1, -0.05) is 6.07 Å². The summed E-state index contributed by atoms with van der Waals surface area (Å²) in [6.45, 7) is 1.51. The van der Waals surface area contributed by atoms with Gasteiger partial charge in [-0.3, -0.25) is 9.59 Å². The smallest absolute Gasteiger partial charge is 0.251 e. The molecule has 3 heterocycles. The number of anilines is 2. The van der Waals surface area contributed by atoms with Crippen LogP contribution in [0.25, 0.3) is 0 Å². The maximum absolute atomic E-state index is 12.4. The lowest BCUT2D eigenvalue weighted by Crippen LogP contribution is -2.50. The van der Waals surface area contributed by atoms with Crippen LogP contribution < -0.4 is 15.5 Å². The van der Waals surface area contributed by atoms with Gasteiger partial charge in [0.25, 0.3) is 5.91 Å². The molecule has 0 unspecified atom stereocenters. The van der Waals surface area contributed by atoms with Crippen molar-refractivity contribution in [1.82, 2.24) is 5.32 Å². The van der Waals surface area contributed by atoms with E-state index in [2.05, 4.69) is 21.6 Å². The lowest BCUT2D eigenvalue weighted by atomic mass is 9.97. The Morgan fingerprint density at radius 2 is 2.24 bits per heavy atom. The quantitative estimate of drug-likeness (QED) is 0.886. The third kappa shape index (κ3) is 3.26. The largest absolute Gasteiger partial charge is 0.358 e. The maximum Gasteiger partial charge on any atom is 0.251 e. The molecule has 1 aromatic carbocycles. The number of nitrogens with one attached hydrogen (secondary N) is 2. The number of hydrogen-bond acceptors (Lipinski definition) is 4. The van der Waals surface area contributed by atoms with E-state index in [-0.39, 0.29) is 17.9 Å². The van der Waals surface area contributed by atoms with Crippen molar-refractivity contribution < 1.29 is 9.59 Å². The number of carbonyl (C=O) groups excluding carboxylic acids is 2. The van der Waals surface area contributed by atoms with Crippen LogP contribution in [0.15, 0.2) is 35.7 Å². The Labute approximate surface area is 151 Å².